The number of hydrogen-bond acceptors (Lipinski definition) is 4. The third kappa shape index (κ3) is 4.39. The number of nitrogens with one attached hydrogen (secondary N) is 1. The molecule has 0 bridgehead atoms. The van der Waals surface area contributed by atoms with Crippen molar-refractivity contribution in [3.05, 3.63) is 54.1 Å². The van der Waals surface area contributed by atoms with E-state index in [0.717, 1.165) is 24.3 Å². The van der Waals surface area contributed by atoms with Crippen molar-refractivity contribution in [2.75, 3.05) is 4.72 Å². The molecule has 0 aliphatic heterocycles. The van der Waals surface area contributed by atoms with Crippen LogP contribution in [0, 0.1) is 0 Å². The minimum absolute atomic E-state index is 0.0440. The van der Waals surface area contributed by atoms with Gasteiger partial charge in [0.15, 0.2) is 0 Å². The van der Waals surface area contributed by atoms with Gasteiger partial charge in [-0.2, -0.15) is 8.78 Å². The Labute approximate surface area is 130 Å². The van der Waals surface area contributed by atoms with Crippen LogP contribution in [0.3, 0.4) is 0 Å². The Morgan fingerprint density at radius 3 is 2.09 bits per heavy atom. The molecule has 2 aromatic carbocycles. The van der Waals surface area contributed by atoms with Crippen molar-refractivity contribution >= 4 is 21.7 Å². The van der Waals surface area contributed by atoms with Crippen LogP contribution in [-0.4, -0.2) is 26.1 Å². The van der Waals surface area contributed by atoms with E-state index in [1.54, 1.807) is 0 Å². The largest absolute Gasteiger partial charge is 0.478 e. The number of rotatable bonds is 6. The summed E-state index contributed by atoms with van der Waals surface area (Å²) in [6.07, 6.45) is 0. The minimum atomic E-state index is -3.92. The summed E-state index contributed by atoms with van der Waals surface area (Å²) < 4.78 is 54.7. The van der Waals surface area contributed by atoms with Gasteiger partial charge in [0.2, 0.25) is 0 Å². The molecule has 2 aromatic rings. The molecule has 0 radical (unpaired) electrons. The van der Waals surface area contributed by atoms with E-state index in [9.17, 15) is 22.0 Å². The average Bonchev–Trinajstić information content (AvgIpc) is 2.48. The van der Waals surface area contributed by atoms with Crippen molar-refractivity contribution in [2.24, 2.45) is 0 Å². The van der Waals surface area contributed by atoms with Gasteiger partial charge in [0.05, 0.1) is 10.5 Å². The molecule has 2 rings (SSSR count). The summed E-state index contributed by atoms with van der Waals surface area (Å²) in [5.74, 6) is -1.27. The number of aromatic carboxylic acids is 1. The van der Waals surface area contributed by atoms with Crippen LogP contribution >= 0.6 is 0 Å². The van der Waals surface area contributed by atoms with Crippen LogP contribution in [-0.2, 0) is 10.0 Å². The zero-order chi connectivity index (χ0) is 17.0. The molecule has 0 amide bonds. The van der Waals surface area contributed by atoms with E-state index in [4.69, 9.17) is 5.11 Å². The Morgan fingerprint density at radius 2 is 1.61 bits per heavy atom. The van der Waals surface area contributed by atoms with Crippen LogP contribution in [0.4, 0.5) is 14.5 Å². The van der Waals surface area contributed by atoms with Gasteiger partial charge in [-0.15, -0.1) is 0 Å². The van der Waals surface area contributed by atoms with E-state index in [0.29, 0.717) is 0 Å². The fourth-order valence-corrected chi connectivity index (χ4v) is 2.75. The SMILES string of the molecule is O=C(O)c1ccc(S(=O)(=O)Nc2ccc(OC(F)F)cc2)cc1. The molecule has 0 heterocycles. The quantitative estimate of drug-likeness (QED) is 0.841. The molecule has 0 aromatic heterocycles. The Balaban J connectivity index is 2.15. The molecular formula is C14H11F2NO5S. The van der Waals surface area contributed by atoms with Gasteiger partial charge in [-0.1, -0.05) is 0 Å². The summed E-state index contributed by atoms with van der Waals surface area (Å²) in [6.45, 7) is -2.97. The van der Waals surface area contributed by atoms with Gasteiger partial charge in [-0.05, 0) is 48.5 Å². The molecule has 2 N–H and O–H groups in total. The summed E-state index contributed by atoms with van der Waals surface area (Å²) in [5.41, 5.74) is 0.103. The van der Waals surface area contributed by atoms with E-state index >= 15 is 0 Å². The Bertz CT molecular complexity index is 789. The monoisotopic (exact) mass is 343 g/mol. The molecule has 0 aliphatic carbocycles. The average molecular weight is 343 g/mol. The lowest BCUT2D eigenvalue weighted by Gasteiger charge is -2.09. The van der Waals surface area contributed by atoms with Crippen LogP contribution in [0.15, 0.2) is 53.4 Å². The second-order valence-electron chi connectivity index (χ2n) is 4.34. The Kier molecular flexibility index (Phi) is 4.80. The zero-order valence-electron chi connectivity index (χ0n) is 11.4. The fraction of sp³-hybridized carbons (Fsp3) is 0.0714. The second kappa shape index (κ2) is 6.61. The van der Waals surface area contributed by atoms with Crippen molar-refractivity contribution in [1.29, 1.82) is 0 Å². The molecule has 23 heavy (non-hydrogen) atoms. The first-order valence-electron chi connectivity index (χ1n) is 6.19. The first-order chi connectivity index (χ1) is 10.8. The van der Waals surface area contributed by atoms with Crippen molar-refractivity contribution in [2.45, 2.75) is 11.5 Å². The summed E-state index contributed by atoms with van der Waals surface area (Å²) in [4.78, 5) is 10.6. The van der Waals surface area contributed by atoms with Gasteiger partial charge in [-0.25, -0.2) is 13.2 Å². The van der Waals surface area contributed by atoms with E-state index in [1.807, 2.05) is 0 Å². The summed E-state index contributed by atoms with van der Waals surface area (Å²) >= 11 is 0. The molecule has 0 unspecified atom stereocenters. The minimum Gasteiger partial charge on any atom is -0.478 e. The first kappa shape index (κ1) is 16.7. The molecule has 0 fully saturated rings. The predicted octanol–water partition coefficient (Wildman–Crippen LogP) is 2.79. The number of carbonyl (C=O) groups is 1. The highest BCUT2D eigenvalue weighted by molar-refractivity contribution is 7.92. The van der Waals surface area contributed by atoms with E-state index in [1.165, 1.54) is 24.3 Å². The number of carboxylic acids is 1. The predicted molar refractivity (Wildman–Crippen MR) is 77.3 cm³/mol. The molecule has 0 aliphatic rings. The van der Waals surface area contributed by atoms with Crippen LogP contribution in [0.1, 0.15) is 10.4 Å². The number of benzene rings is 2. The highest BCUT2D eigenvalue weighted by atomic mass is 32.2. The summed E-state index contributed by atoms with van der Waals surface area (Å²) in [5, 5.41) is 8.77. The van der Waals surface area contributed by atoms with Gasteiger partial charge in [-0.3, -0.25) is 4.72 Å². The van der Waals surface area contributed by atoms with Gasteiger partial charge < -0.3 is 9.84 Å². The number of halogens is 2. The Morgan fingerprint density at radius 1 is 1.04 bits per heavy atom. The highest BCUT2D eigenvalue weighted by Crippen LogP contribution is 2.21. The van der Waals surface area contributed by atoms with Crippen molar-refractivity contribution in [1.82, 2.24) is 0 Å². The topological polar surface area (TPSA) is 92.7 Å². The van der Waals surface area contributed by atoms with Crippen LogP contribution < -0.4 is 9.46 Å². The maximum atomic E-state index is 12.1. The number of alkyl halides is 2. The normalized spacial score (nSPS) is 11.3. The van der Waals surface area contributed by atoms with Crippen molar-refractivity contribution in [3.8, 4) is 5.75 Å². The zero-order valence-corrected chi connectivity index (χ0v) is 12.3. The van der Waals surface area contributed by atoms with E-state index < -0.39 is 22.6 Å². The molecule has 0 spiro atoms. The van der Waals surface area contributed by atoms with Gasteiger partial charge >= 0.3 is 12.6 Å². The van der Waals surface area contributed by atoms with Gasteiger partial charge in [0, 0.05) is 5.69 Å². The van der Waals surface area contributed by atoms with Crippen LogP contribution in [0.2, 0.25) is 0 Å². The maximum absolute atomic E-state index is 12.1. The molecule has 0 saturated heterocycles. The second-order valence-corrected chi connectivity index (χ2v) is 6.02. The molecule has 0 atom stereocenters. The fourth-order valence-electron chi connectivity index (χ4n) is 1.70. The molecule has 6 nitrogen and oxygen atoms in total. The third-order valence-electron chi connectivity index (χ3n) is 2.74. The van der Waals surface area contributed by atoms with Crippen LogP contribution in [0.25, 0.3) is 0 Å². The summed E-state index contributed by atoms with van der Waals surface area (Å²) in [6, 6.07) is 9.55. The lowest BCUT2D eigenvalue weighted by molar-refractivity contribution is -0.0498. The summed E-state index contributed by atoms with van der Waals surface area (Å²) in [7, 11) is -3.92. The number of anilines is 1. The Hall–Kier alpha value is -2.68. The van der Waals surface area contributed by atoms with E-state index in [2.05, 4.69) is 9.46 Å². The van der Waals surface area contributed by atoms with Crippen molar-refractivity contribution in [3.63, 3.8) is 0 Å². The third-order valence-corrected chi connectivity index (χ3v) is 4.14. The number of hydrogen-bond donors (Lipinski definition) is 2. The molecule has 9 heteroatoms. The standard InChI is InChI=1S/C14H11F2NO5S/c15-14(16)22-11-5-3-10(4-6-11)17-23(20,21)12-7-1-9(2-8-12)13(18)19/h1-8,14,17H,(H,18,19). The molecular weight excluding hydrogens is 332 g/mol. The maximum Gasteiger partial charge on any atom is 0.387 e. The lowest BCUT2D eigenvalue weighted by atomic mass is 10.2. The first-order valence-corrected chi connectivity index (χ1v) is 7.67. The molecule has 0 saturated carbocycles. The number of carboxylic acid groups (broad SMARTS) is 1. The lowest BCUT2D eigenvalue weighted by Crippen LogP contribution is -2.13. The van der Waals surface area contributed by atoms with Gasteiger partial charge in [0.1, 0.15) is 5.75 Å². The van der Waals surface area contributed by atoms with Crippen molar-refractivity contribution < 1.29 is 31.8 Å². The number of ether oxygens (including phenoxy) is 1. The highest BCUT2D eigenvalue weighted by Gasteiger charge is 2.15. The van der Waals surface area contributed by atoms with E-state index in [-0.39, 0.29) is 21.9 Å². The van der Waals surface area contributed by atoms with Crippen LogP contribution in [0.5, 0.6) is 5.75 Å². The van der Waals surface area contributed by atoms with Gasteiger partial charge in [0.25, 0.3) is 10.0 Å². The number of sulfonamides is 1. The molecule has 122 valence electrons. The smallest absolute Gasteiger partial charge is 0.387 e.